The van der Waals surface area contributed by atoms with E-state index >= 15 is 0 Å². The molecule has 0 aliphatic rings. The molecular weight excluding hydrogens is 350 g/mol. The van der Waals surface area contributed by atoms with Crippen LogP contribution in [-0.2, 0) is 10.0 Å². The summed E-state index contributed by atoms with van der Waals surface area (Å²) in [5.41, 5.74) is 5.26. The third-order valence-corrected chi connectivity index (χ3v) is 5.99. The lowest BCUT2D eigenvalue weighted by Gasteiger charge is -2.31. The number of carbonyl (C=O) groups is 1. The van der Waals surface area contributed by atoms with Crippen LogP contribution in [0.4, 0.5) is 0 Å². The third kappa shape index (κ3) is 6.07. The first-order valence-electron chi connectivity index (χ1n) is 9.15. The molecule has 0 radical (unpaired) electrons. The van der Waals surface area contributed by atoms with Crippen LogP contribution in [0, 0.1) is 5.92 Å². The first kappa shape index (κ1) is 22.6. The third-order valence-electron chi connectivity index (χ3n) is 4.29. The number of nitrogens with zero attached hydrogens (tertiary/aromatic N) is 1. The highest BCUT2D eigenvalue weighted by Crippen LogP contribution is 2.22. The van der Waals surface area contributed by atoms with Crippen LogP contribution in [0.5, 0.6) is 0 Å². The fraction of sp³-hybridized carbons (Fsp3) is 0.632. The molecular formula is C19H33N3O3S. The van der Waals surface area contributed by atoms with Crippen molar-refractivity contribution in [1.29, 1.82) is 0 Å². The Labute approximate surface area is 158 Å². The van der Waals surface area contributed by atoms with Crippen LogP contribution < -0.4 is 10.5 Å². The molecule has 0 bridgehead atoms. The number of sulfonamides is 1. The molecule has 1 atom stereocenters. The highest BCUT2D eigenvalue weighted by molar-refractivity contribution is 7.89. The van der Waals surface area contributed by atoms with E-state index in [9.17, 15) is 13.2 Å². The van der Waals surface area contributed by atoms with Crippen molar-refractivity contribution in [2.24, 2.45) is 11.7 Å². The Morgan fingerprint density at radius 1 is 1.31 bits per heavy atom. The topological polar surface area (TPSA) is 92.5 Å². The van der Waals surface area contributed by atoms with Crippen LogP contribution in [-0.4, -0.2) is 44.9 Å². The Balaban J connectivity index is 3.20. The molecule has 3 N–H and O–H groups in total. The lowest BCUT2D eigenvalue weighted by Crippen LogP contribution is -2.52. The summed E-state index contributed by atoms with van der Waals surface area (Å²) in [5.74, 6) is -0.0129. The molecule has 1 amide bonds. The number of nitrogens with two attached hydrogens (primary N) is 1. The molecule has 1 unspecified atom stereocenters. The number of benzene rings is 1. The van der Waals surface area contributed by atoms with E-state index in [1.54, 1.807) is 37.1 Å². The summed E-state index contributed by atoms with van der Waals surface area (Å²) < 4.78 is 28.7. The number of hydrogen-bond acceptors (Lipinski definition) is 4. The monoisotopic (exact) mass is 383 g/mol. The molecule has 0 aromatic heterocycles. The molecule has 6 nitrogen and oxygen atoms in total. The van der Waals surface area contributed by atoms with Gasteiger partial charge in [0.05, 0.1) is 10.5 Å². The minimum Gasteiger partial charge on any atom is -0.342 e. The van der Waals surface area contributed by atoms with E-state index in [2.05, 4.69) is 4.72 Å². The van der Waals surface area contributed by atoms with Gasteiger partial charge in [-0.25, -0.2) is 13.1 Å². The summed E-state index contributed by atoms with van der Waals surface area (Å²) in [4.78, 5) is 14.3. The lowest BCUT2D eigenvalue weighted by atomic mass is 9.92. The molecule has 1 aromatic carbocycles. The lowest BCUT2D eigenvalue weighted by molar-refractivity contribution is 0.0789. The van der Waals surface area contributed by atoms with Crippen molar-refractivity contribution < 1.29 is 13.2 Å². The molecule has 148 valence electrons. The van der Waals surface area contributed by atoms with Gasteiger partial charge in [-0.3, -0.25) is 4.79 Å². The van der Waals surface area contributed by atoms with E-state index in [4.69, 9.17) is 5.73 Å². The van der Waals surface area contributed by atoms with Gasteiger partial charge in [-0.1, -0.05) is 39.3 Å². The minimum absolute atomic E-state index is 0.00298. The van der Waals surface area contributed by atoms with Gasteiger partial charge in [-0.05, 0) is 37.8 Å². The van der Waals surface area contributed by atoms with Crippen LogP contribution >= 0.6 is 0 Å². The van der Waals surface area contributed by atoms with Crippen molar-refractivity contribution >= 4 is 15.9 Å². The summed E-state index contributed by atoms with van der Waals surface area (Å²) in [6.45, 7) is 8.64. The Bertz CT molecular complexity index is 704. The molecule has 0 saturated heterocycles. The Kier molecular flexibility index (Phi) is 8.24. The molecule has 0 aliphatic carbocycles. The zero-order chi connectivity index (χ0) is 20.0. The van der Waals surface area contributed by atoms with E-state index in [0.29, 0.717) is 13.0 Å². The predicted molar refractivity (Wildman–Crippen MR) is 106 cm³/mol. The van der Waals surface area contributed by atoms with Crippen molar-refractivity contribution in [2.75, 3.05) is 20.1 Å². The zero-order valence-electron chi connectivity index (χ0n) is 16.6. The van der Waals surface area contributed by atoms with Crippen molar-refractivity contribution in [3.05, 3.63) is 29.8 Å². The summed E-state index contributed by atoms with van der Waals surface area (Å²) in [5, 5.41) is 0. The maximum Gasteiger partial charge on any atom is 0.254 e. The molecule has 0 heterocycles. The fourth-order valence-electron chi connectivity index (χ4n) is 3.03. The van der Waals surface area contributed by atoms with Gasteiger partial charge in [-0.15, -0.1) is 0 Å². The van der Waals surface area contributed by atoms with Crippen molar-refractivity contribution in [1.82, 2.24) is 9.62 Å². The number of rotatable bonds is 10. The molecule has 0 aliphatic heterocycles. The SMILES string of the molecule is CCCCN(C)C(=O)c1ccccc1S(=O)(=O)NC(C)(CN)CC(C)C. The van der Waals surface area contributed by atoms with E-state index < -0.39 is 15.6 Å². The number of carbonyl (C=O) groups excluding carboxylic acids is 1. The van der Waals surface area contributed by atoms with Gasteiger partial charge >= 0.3 is 0 Å². The number of amides is 1. The van der Waals surface area contributed by atoms with E-state index in [-0.39, 0.29) is 28.8 Å². The summed E-state index contributed by atoms with van der Waals surface area (Å²) in [7, 11) is -2.19. The van der Waals surface area contributed by atoms with E-state index in [0.717, 1.165) is 12.8 Å². The summed E-state index contributed by atoms with van der Waals surface area (Å²) in [6.07, 6.45) is 2.44. The molecule has 26 heavy (non-hydrogen) atoms. The van der Waals surface area contributed by atoms with Crippen molar-refractivity contribution in [2.45, 2.75) is 57.4 Å². The minimum atomic E-state index is -3.88. The predicted octanol–water partition coefficient (Wildman–Crippen LogP) is 2.60. The quantitative estimate of drug-likeness (QED) is 0.649. The van der Waals surface area contributed by atoms with Crippen LogP contribution in [0.15, 0.2) is 29.2 Å². The first-order chi connectivity index (χ1) is 12.1. The Morgan fingerprint density at radius 2 is 1.92 bits per heavy atom. The molecule has 0 spiro atoms. The second-order valence-electron chi connectivity index (χ2n) is 7.54. The smallest absolute Gasteiger partial charge is 0.254 e. The van der Waals surface area contributed by atoms with Crippen LogP contribution in [0.1, 0.15) is 57.3 Å². The number of unbranched alkanes of at least 4 members (excludes halogenated alkanes) is 1. The zero-order valence-corrected chi connectivity index (χ0v) is 17.4. The van der Waals surface area contributed by atoms with Gasteiger partial charge in [-0.2, -0.15) is 0 Å². The first-order valence-corrected chi connectivity index (χ1v) is 10.6. The highest BCUT2D eigenvalue weighted by atomic mass is 32.2. The Hall–Kier alpha value is -1.44. The van der Waals surface area contributed by atoms with E-state index in [1.807, 2.05) is 20.8 Å². The van der Waals surface area contributed by atoms with Crippen molar-refractivity contribution in [3.63, 3.8) is 0 Å². The van der Waals surface area contributed by atoms with Crippen molar-refractivity contribution in [3.8, 4) is 0 Å². The van der Waals surface area contributed by atoms with Crippen LogP contribution in [0.25, 0.3) is 0 Å². The van der Waals surface area contributed by atoms with Gasteiger partial charge < -0.3 is 10.6 Å². The standard InChI is InChI=1S/C19H33N3O3S/c1-6-7-12-22(5)18(23)16-10-8-9-11-17(16)26(24,25)21-19(4,14-20)13-15(2)3/h8-11,15,21H,6-7,12-14,20H2,1-5H3. The largest absolute Gasteiger partial charge is 0.342 e. The normalized spacial score (nSPS) is 14.3. The van der Waals surface area contributed by atoms with Gasteiger partial charge in [0.2, 0.25) is 10.0 Å². The van der Waals surface area contributed by atoms with Gasteiger partial charge in [0.25, 0.3) is 5.91 Å². The molecule has 1 rings (SSSR count). The average Bonchev–Trinajstić information content (AvgIpc) is 2.57. The molecule has 7 heteroatoms. The maximum absolute atomic E-state index is 13.0. The van der Waals surface area contributed by atoms with Crippen LogP contribution in [0.2, 0.25) is 0 Å². The maximum atomic E-state index is 13.0. The fourth-order valence-corrected chi connectivity index (χ4v) is 4.66. The molecule has 1 aromatic rings. The summed E-state index contributed by atoms with van der Waals surface area (Å²) in [6, 6.07) is 6.33. The number of hydrogen-bond donors (Lipinski definition) is 2. The van der Waals surface area contributed by atoms with Crippen LogP contribution in [0.3, 0.4) is 0 Å². The van der Waals surface area contributed by atoms with Gasteiger partial charge in [0, 0.05) is 25.7 Å². The average molecular weight is 384 g/mol. The van der Waals surface area contributed by atoms with Gasteiger partial charge in [0.1, 0.15) is 0 Å². The number of nitrogens with one attached hydrogen (secondary N) is 1. The molecule has 0 fully saturated rings. The van der Waals surface area contributed by atoms with E-state index in [1.165, 1.54) is 6.07 Å². The Morgan fingerprint density at radius 3 is 2.46 bits per heavy atom. The second-order valence-corrected chi connectivity index (χ2v) is 9.20. The molecule has 0 saturated carbocycles. The van der Waals surface area contributed by atoms with Gasteiger partial charge in [0.15, 0.2) is 0 Å². The summed E-state index contributed by atoms with van der Waals surface area (Å²) >= 11 is 0. The second kappa shape index (κ2) is 9.48. The highest BCUT2D eigenvalue weighted by Gasteiger charge is 2.32.